The van der Waals surface area contributed by atoms with Crippen molar-refractivity contribution < 1.29 is 9.84 Å². The Morgan fingerprint density at radius 1 is 1.47 bits per heavy atom. The van der Waals surface area contributed by atoms with Crippen LogP contribution in [0.2, 0.25) is 0 Å². The van der Waals surface area contributed by atoms with Gasteiger partial charge in [-0.25, -0.2) is 0 Å². The lowest BCUT2D eigenvalue weighted by molar-refractivity contribution is -0.0535. The number of rotatable bonds is 6. The smallest absolute Gasteiger partial charge is 0.0777 e. The van der Waals surface area contributed by atoms with Gasteiger partial charge in [0, 0.05) is 32.3 Å². The van der Waals surface area contributed by atoms with Crippen LogP contribution in [0.25, 0.3) is 0 Å². The molecule has 0 aliphatic carbocycles. The van der Waals surface area contributed by atoms with E-state index in [0.29, 0.717) is 6.04 Å². The number of likely N-dealkylation sites (tertiary alicyclic amines) is 1. The molecule has 1 aliphatic heterocycles. The van der Waals surface area contributed by atoms with Crippen molar-refractivity contribution in [2.45, 2.75) is 51.3 Å². The number of nitrogens with one attached hydrogen (secondary N) is 1. The van der Waals surface area contributed by atoms with Crippen LogP contribution < -0.4 is 5.32 Å². The molecule has 0 aromatic rings. The highest BCUT2D eigenvalue weighted by Gasteiger charge is 2.31. The summed E-state index contributed by atoms with van der Waals surface area (Å²) in [5, 5.41) is 12.8. The van der Waals surface area contributed by atoms with E-state index < -0.39 is 0 Å². The van der Waals surface area contributed by atoms with E-state index in [0.717, 1.165) is 26.1 Å². The van der Waals surface area contributed by atoms with Crippen molar-refractivity contribution in [1.29, 1.82) is 0 Å². The van der Waals surface area contributed by atoms with Gasteiger partial charge in [0.1, 0.15) is 0 Å². The first-order chi connectivity index (χ1) is 7.99. The van der Waals surface area contributed by atoms with Crippen molar-refractivity contribution in [2.24, 2.45) is 0 Å². The average molecular weight is 244 g/mol. The monoisotopic (exact) mass is 244 g/mol. The van der Waals surface area contributed by atoms with Gasteiger partial charge in [0.25, 0.3) is 0 Å². The molecule has 1 rings (SSSR count). The largest absolute Gasteiger partial charge is 0.395 e. The van der Waals surface area contributed by atoms with E-state index in [1.165, 1.54) is 6.42 Å². The van der Waals surface area contributed by atoms with Crippen molar-refractivity contribution in [3.05, 3.63) is 0 Å². The zero-order valence-electron chi connectivity index (χ0n) is 11.7. The number of hydrogen-bond donors (Lipinski definition) is 2. The Balaban J connectivity index is 2.44. The molecule has 1 heterocycles. The Kier molecular flexibility index (Phi) is 5.86. The van der Waals surface area contributed by atoms with Gasteiger partial charge >= 0.3 is 0 Å². The third-order valence-corrected chi connectivity index (χ3v) is 3.50. The highest BCUT2D eigenvalue weighted by atomic mass is 16.5. The molecule has 102 valence electrons. The van der Waals surface area contributed by atoms with Crippen LogP contribution in [0.5, 0.6) is 0 Å². The van der Waals surface area contributed by atoms with Gasteiger partial charge in [-0.05, 0) is 26.3 Å². The number of aliphatic hydroxyl groups excluding tert-OH is 1. The predicted molar refractivity (Wildman–Crippen MR) is 70.2 cm³/mol. The van der Waals surface area contributed by atoms with Crippen molar-refractivity contribution in [1.82, 2.24) is 10.2 Å². The Hall–Kier alpha value is -0.160. The summed E-state index contributed by atoms with van der Waals surface area (Å²) >= 11 is 0. The molecule has 0 spiro atoms. The molecule has 2 unspecified atom stereocenters. The molecule has 2 N–H and O–H groups in total. The average Bonchev–Trinajstić information content (AvgIpc) is 2.28. The minimum atomic E-state index is -0.0178. The van der Waals surface area contributed by atoms with Crippen molar-refractivity contribution in [3.63, 3.8) is 0 Å². The second kappa shape index (κ2) is 6.69. The molecule has 0 aromatic heterocycles. The second-order valence-corrected chi connectivity index (χ2v) is 5.69. The SMILES string of the molecule is COC1(C)CCCN(CC(CO)NC(C)C)C1. The maximum absolute atomic E-state index is 9.37. The minimum Gasteiger partial charge on any atom is -0.395 e. The Bertz CT molecular complexity index is 223. The summed E-state index contributed by atoms with van der Waals surface area (Å²) in [7, 11) is 1.79. The van der Waals surface area contributed by atoms with Crippen LogP contribution in [-0.2, 0) is 4.74 Å². The molecular formula is C13H28N2O2. The van der Waals surface area contributed by atoms with Crippen molar-refractivity contribution in [2.75, 3.05) is 33.4 Å². The fraction of sp³-hybridized carbons (Fsp3) is 1.00. The van der Waals surface area contributed by atoms with Gasteiger partial charge in [-0.2, -0.15) is 0 Å². The molecule has 0 bridgehead atoms. The van der Waals surface area contributed by atoms with E-state index >= 15 is 0 Å². The first kappa shape index (κ1) is 14.9. The van der Waals surface area contributed by atoms with Crippen LogP contribution in [0.4, 0.5) is 0 Å². The molecular weight excluding hydrogens is 216 g/mol. The summed E-state index contributed by atoms with van der Waals surface area (Å²) in [6, 6.07) is 0.569. The first-order valence-corrected chi connectivity index (χ1v) is 6.63. The number of ether oxygens (including phenoxy) is 1. The Morgan fingerprint density at radius 2 is 2.18 bits per heavy atom. The number of nitrogens with zero attached hydrogens (tertiary/aromatic N) is 1. The zero-order valence-corrected chi connectivity index (χ0v) is 11.7. The van der Waals surface area contributed by atoms with Gasteiger partial charge in [0.05, 0.1) is 12.2 Å². The maximum atomic E-state index is 9.37. The normalized spacial score (nSPS) is 28.6. The summed E-state index contributed by atoms with van der Waals surface area (Å²) in [5.41, 5.74) is -0.0178. The first-order valence-electron chi connectivity index (χ1n) is 6.63. The van der Waals surface area contributed by atoms with Crippen molar-refractivity contribution >= 4 is 0 Å². The van der Waals surface area contributed by atoms with Gasteiger partial charge in [-0.3, -0.25) is 4.90 Å². The third kappa shape index (κ3) is 4.92. The van der Waals surface area contributed by atoms with Crippen LogP contribution in [0, 0.1) is 0 Å². The molecule has 4 heteroatoms. The highest BCUT2D eigenvalue weighted by molar-refractivity contribution is 4.86. The van der Waals surface area contributed by atoms with Crippen LogP contribution >= 0.6 is 0 Å². The van der Waals surface area contributed by atoms with Gasteiger partial charge in [-0.15, -0.1) is 0 Å². The fourth-order valence-corrected chi connectivity index (χ4v) is 2.58. The maximum Gasteiger partial charge on any atom is 0.0777 e. The molecule has 17 heavy (non-hydrogen) atoms. The molecule has 0 amide bonds. The van der Waals surface area contributed by atoms with Gasteiger partial charge in [-0.1, -0.05) is 13.8 Å². The standard InChI is InChI=1S/C13H28N2O2/c1-11(2)14-12(9-16)8-15-7-5-6-13(3,10-15)17-4/h11-12,14,16H,5-10H2,1-4H3. The van der Waals surface area contributed by atoms with E-state index in [9.17, 15) is 5.11 Å². The van der Waals surface area contributed by atoms with E-state index in [4.69, 9.17) is 4.74 Å². The number of aliphatic hydroxyl groups is 1. The molecule has 4 nitrogen and oxygen atoms in total. The van der Waals surface area contributed by atoms with E-state index in [2.05, 4.69) is 31.0 Å². The molecule has 2 atom stereocenters. The van der Waals surface area contributed by atoms with Gasteiger partial charge < -0.3 is 15.2 Å². The molecule has 0 radical (unpaired) electrons. The predicted octanol–water partition coefficient (Wildman–Crippen LogP) is 0.846. The highest BCUT2D eigenvalue weighted by Crippen LogP contribution is 2.23. The number of methoxy groups -OCH3 is 1. The number of hydrogen-bond acceptors (Lipinski definition) is 4. The van der Waals surface area contributed by atoms with Gasteiger partial charge in [0.15, 0.2) is 0 Å². The van der Waals surface area contributed by atoms with Crippen LogP contribution in [0.3, 0.4) is 0 Å². The second-order valence-electron chi connectivity index (χ2n) is 5.69. The summed E-state index contributed by atoms with van der Waals surface area (Å²) < 4.78 is 5.58. The third-order valence-electron chi connectivity index (χ3n) is 3.50. The Labute approximate surface area is 105 Å². The lowest BCUT2D eigenvalue weighted by Gasteiger charge is -2.40. The van der Waals surface area contributed by atoms with Crippen LogP contribution in [0.15, 0.2) is 0 Å². The van der Waals surface area contributed by atoms with Crippen molar-refractivity contribution in [3.8, 4) is 0 Å². The Morgan fingerprint density at radius 3 is 2.71 bits per heavy atom. The number of piperidine rings is 1. The molecule has 1 aliphatic rings. The molecule has 0 aromatic carbocycles. The zero-order chi connectivity index (χ0) is 12.9. The van der Waals surface area contributed by atoms with E-state index in [1.807, 2.05) is 0 Å². The molecule has 0 saturated carbocycles. The lowest BCUT2D eigenvalue weighted by Crippen LogP contribution is -2.53. The van der Waals surface area contributed by atoms with Gasteiger partial charge in [0.2, 0.25) is 0 Å². The van der Waals surface area contributed by atoms with E-state index in [1.54, 1.807) is 7.11 Å². The van der Waals surface area contributed by atoms with E-state index in [-0.39, 0.29) is 18.2 Å². The summed E-state index contributed by atoms with van der Waals surface area (Å²) in [5.74, 6) is 0. The molecule has 1 saturated heterocycles. The summed E-state index contributed by atoms with van der Waals surface area (Å²) in [6.45, 7) is 9.54. The fourth-order valence-electron chi connectivity index (χ4n) is 2.58. The quantitative estimate of drug-likeness (QED) is 0.727. The summed E-state index contributed by atoms with van der Waals surface area (Å²) in [6.07, 6.45) is 2.30. The topological polar surface area (TPSA) is 44.7 Å². The minimum absolute atomic E-state index is 0.0178. The molecule has 1 fully saturated rings. The van der Waals surface area contributed by atoms with Crippen LogP contribution in [-0.4, -0.2) is 61.0 Å². The lowest BCUT2D eigenvalue weighted by atomic mass is 9.94. The van der Waals surface area contributed by atoms with Crippen LogP contribution in [0.1, 0.15) is 33.6 Å². The summed E-state index contributed by atoms with van der Waals surface area (Å²) in [4.78, 5) is 2.39.